The lowest BCUT2D eigenvalue weighted by Gasteiger charge is -2.13. The number of carbonyl (C=O) groups is 1. The zero-order valence-electron chi connectivity index (χ0n) is 23.8. The van der Waals surface area contributed by atoms with Crippen LogP contribution in [0.25, 0.3) is 5.69 Å². The number of amides is 1. The second kappa shape index (κ2) is 13.6. The summed E-state index contributed by atoms with van der Waals surface area (Å²) >= 11 is 2.14. The van der Waals surface area contributed by atoms with E-state index in [0.29, 0.717) is 28.6 Å². The first kappa shape index (κ1) is 29.9. The minimum absolute atomic E-state index is 0.112. The highest BCUT2D eigenvalue weighted by Gasteiger charge is 2.13. The molecule has 0 aliphatic heterocycles. The number of halogens is 2. The largest absolute Gasteiger partial charge is 0.493 e. The van der Waals surface area contributed by atoms with Gasteiger partial charge in [0.15, 0.2) is 17.3 Å². The lowest BCUT2D eigenvalue weighted by atomic mass is 10.2. The van der Waals surface area contributed by atoms with Crippen molar-refractivity contribution in [1.82, 2.24) is 9.99 Å². The molecule has 0 unspecified atom stereocenters. The first-order chi connectivity index (χ1) is 20.8. The van der Waals surface area contributed by atoms with Crippen molar-refractivity contribution < 1.29 is 27.8 Å². The number of nitrogens with zero attached hydrogens (tertiary/aromatic N) is 2. The first-order valence-electron chi connectivity index (χ1n) is 13.4. The molecule has 0 aliphatic rings. The van der Waals surface area contributed by atoms with Gasteiger partial charge in [0.25, 0.3) is 0 Å². The SMILES string of the molecule is COc1cc(/C=N/NC(=O)c2ccc(COc3ccc(-n4c(C)ccc4C)cc3)o2)cc(I)c1OCc1ccc(F)cc1. The number of benzene rings is 3. The molecular weight excluding hydrogens is 664 g/mol. The van der Waals surface area contributed by atoms with Gasteiger partial charge in [0.1, 0.15) is 30.5 Å². The highest BCUT2D eigenvalue weighted by atomic mass is 127. The fourth-order valence-corrected chi connectivity index (χ4v) is 5.19. The number of furan rings is 1. The fourth-order valence-electron chi connectivity index (χ4n) is 4.41. The number of aryl methyl sites for hydroxylation is 2. The van der Waals surface area contributed by atoms with Crippen molar-refractivity contribution in [2.45, 2.75) is 27.1 Å². The van der Waals surface area contributed by atoms with Crippen molar-refractivity contribution in [2.75, 3.05) is 7.11 Å². The van der Waals surface area contributed by atoms with Gasteiger partial charge in [0.2, 0.25) is 0 Å². The molecule has 0 aliphatic carbocycles. The highest BCUT2D eigenvalue weighted by molar-refractivity contribution is 14.1. The monoisotopic (exact) mass is 693 g/mol. The van der Waals surface area contributed by atoms with Crippen molar-refractivity contribution >= 4 is 34.7 Å². The van der Waals surface area contributed by atoms with Gasteiger partial charge in [0.05, 0.1) is 16.9 Å². The van der Waals surface area contributed by atoms with Gasteiger partial charge in [-0.1, -0.05) is 12.1 Å². The van der Waals surface area contributed by atoms with Gasteiger partial charge in [-0.3, -0.25) is 4.79 Å². The smallest absolute Gasteiger partial charge is 0.307 e. The van der Waals surface area contributed by atoms with Crippen LogP contribution in [-0.4, -0.2) is 23.8 Å². The Bertz CT molecular complexity index is 1720. The molecule has 0 spiro atoms. The molecule has 0 saturated carbocycles. The Morgan fingerprint density at radius 3 is 2.37 bits per heavy atom. The van der Waals surface area contributed by atoms with E-state index < -0.39 is 5.91 Å². The van der Waals surface area contributed by atoms with Gasteiger partial charge in [-0.2, -0.15) is 5.10 Å². The summed E-state index contributed by atoms with van der Waals surface area (Å²) in [6, 6.07) is 24.9. The summed E-state index contributed by atoms with van der Waals surface area (Å²) in [5.41, 5.74) is 7.37. The summed E-state index contributed by atoms with van der Waals surface area (Å²) in [4.78, 5) is 12.6. The van der Waals surface area contributed by atoms with Crippen molar-refractivity contribution in [2.24, 2.45) is 5.10 Å². The quantitative estimate of drug-likeness (QED) is 0.0888. The molecule has 2 heterocycles. The summed E-state index contributed by atoms with van der Waals surface area (Å²) in [7, 11) is 1.54. The van der Waals surface area contributed by atoms with E-state index in [0.717, 1.165) is 26.2 Å². The molecule has 2 aromatic heterocycles. The van der Waals surface area contributed by atoms with Gasteiger partial charge < -0.3 is 23.2 Å². The van der Waals surface area contributed by atoms with Crippen molar-refractivity contribution in [3.05, 3.63) is 128 Å². The van der Waals surface area contributed by atoms with Crippen LogP contribution in [0.15, 0.2) is 94.4 Å². The molecule has 0 fully saturated rings. The van der Waals surface area contributed by atoms with Crippen molar-refractivity contribution in [3.63, 3.8) is 0 Å². The molecule has 8 nitrogen and oxygen atoms in total. The molecule has 5 aromatic rings. The summed E-state index contributed by atoms with van der Waals surface area (Å²) in [5.74, 6) is 1.57. The van der Waals surface area contributed by atoms with E-state index in [1.807, 2.05) is 30.3 Å². The minimum Gasteiger partial charge on any atom is -0.493 e. The Balaban J connectivity index is 1.14. The van der Waals surface area contributed by atoms with E-state index in [2.05, 4.69) is 63.7 Å². The van der Waals surface area contributed by atoms with Crippen molar-refractivity contribution in [3.8, 4) is 22.9 Å². The fraction of sp³-hybridized carbons (Fsp3) is 0.152. The van der Waals surface area contributed by atoms with Crippen LogP contribution in [0.1, 0.15) is 38.8 Å². The Labute approximate surface area is 262 Å². The first-order valence-corrected chi connectivity index (χ1v) is 14.4. The summed E-state index contributed by atoms with van der Waals surface area (Å²) in [5, 5.41) is 4.06. The van der Waals surface area contributed by atoms with Crippen molar-refractivity contribution in [1.29, 1.82) is 0 Å². The van der Waals surface area contributed by atoms with Gasteiger partial charge in [0, 0.05) is 17.1 Å². The maximum atomic E-state index is 13.2. The molecule has 10 heteroatoms. The Hall–Kier alpha value is -4.58. The van der Waals surface area contributed by atoms with Crippen LogP contribution in [0.3, 0.4) is 0 Å². The Morgan fingerprint density at radius 2 is 1.67 bits per heavy atom. The van der Waals surface area contributed by atoms with Crippen LogP contribution < -0.4 is 19.6 Å². The van der Waals surface area contributed by atoms with Crippen LogP contribution in [-0.2, 0) is 13.2 Å². The molecule has 1 N–H and O–H groups in total. The van der Waals surface area contributed by atoms with E-state index in [1.54, 1.807) is 30.3 Å². The standard InChI is InChI=1S/C33H29FIN3O5/c1-21-4-5-22(2)38(21)26-10-12-27(13-11-26)41-20-28-14-15-30(43-28)33(39)37-36-18-24-16-29(35)32(31(17-24)40-3)42-19-23-6-8-25(34)9-7-23/h4-18H,19-20H2,1-3H3,(H,37,39)/b36-18+. The summed E-state index contributed by atoms with van der Waals surface area (Å²) < 4.78 is 39.0. The molecule has 5 rings (SSSR count). The zero-order valence-corrected chi connectivity index (χ0v) is 25.9. The van der Waals surface area contributed by atoms with E-state index in [9.17, 15) is 9.18 Å². The van der Waals surface area contributed by atoms with E-state index in [-0.39, 0.29) is 24.8 Å². The van der Waals surface area contributed by atoms with Crippen LogP contribution >= 0.6 is 22.6 Å². The predicted molar refractivity (Wildman–Crippen MR) is 170 cm³/mol. The number of rotatable bonds is 11. The van der Waals surface area contributed by atoms with Gasteiger partial charge >= 0.3 is 5.91 Å². The van der Waals surface area contributed by atoms with E-state index in [1.165, 1.54) is 25.5 Å². The Kier molecular flexibility index (Phi) is 9.45. The molecule has 0 saturated heterocycles. The predicted octanol–water partition coefficient (Wildman–Crippen LogP) is 7.36. The topological polar surface area (TPSA) is 87.2 Å². The van der Waals surface area contributed by atoms with E-state index >= 15 is 0 Å². The average Bonchev–Trinajstić information content (AvgIpc) is 3.62. The number of hydrazone groups is 1. The number of aromatic nitrogens is 1. The molecule has 3 aromatic carbocycles. The third kappa shape index (κ3) is 7.44. The van der Waals surface area contributed by atoms with E-state index in [4.69, 9.17) is 18.6 Å². The normalized spacial score (nSPS) is 11.1. The highest BCUT2D eigenvalue weighted by Crippen LogP contribution is 2.34. The molecule has 0 bridgehead atoms. The number of ether oxygens (including phenoxy) is 3. The molecule has 0 radical (unpaired) electrons. The van der Waals surface area contributed by atoms with Gasteiger partial charge in [-0.05, 0) is 120 Å². The lowest BCUT2D eigenvalue weighted by Crippen LogP contribution is -2.16. The molecule has 220 valence electrons. The molecule has 1 amide bonds. The van der Waals surface area contributed by atoms with Crippen LogP contribution in [0, 0.1) is 23.2 Å². The van der Waals surface area contributed by atoms with Crippen LogP contribution in [0.5, 0.6) is 17.2 Å². The van der Waals surface area contributed by atoms with Gasteiger partial charge in [-0.25, -0.2) is 9.82 Å². The average molecular weight is 694 g/mol. The third-order valence-corrected chi connectivity index (χ3v) is 7.36. The number of methoxy groups -OCH3 is 1. The van der Waals surface area contributed by atoms with Gasteiger partial charge in [-0.15, -0.1) is 0 Å². The third-order valence-electron chi connectivity index (χ3n) is 6.56. The molecule has 0 atom stereocenters. The number of nitrogens with one attached hydrogen (secondary N) is 1. The molecular formula is C33H29FIN3O5. The minimum atomic E-state index is -0.495. The summed E-state index contributed by atoms with van der Waals surface area (Å²) in [6.07, 6.45) is 1.50. The Morgan fingerprint density at radius 1 is 0.953 bits per heavy atom. The maximum absolute atomic E-state index is 13.2. The maximum Gasteiger partial charge on any atom is 0.307 e. The summed E-state index contributed by atoms with van der Waals surface area (Å²) in [6.45, 7) is 4.56. The number of carbonyl (C=O) groups excluding carboxylic acids is 1. The van der Waals surface area contributed by atoms with Crippen LogP contribution in [0.2, 0.25) is 0 Å². The van der Waals surface area contributed by atoms with Crippen LogP contribution in [0.4, 0.5) is 4.39 Å². The number of hydrogen-bond donors (Lipinski definition) is 1. The lowest BCUT2D eigenvalue weighted by molar-refractivity contribution is 0.0923. The zero-order chi connectivity index (χ0) is 30.3. The second-order valence-electron chi connectivity index (χ2n) is 9.65. The molecule has 43 heavy (non-hydrogen) atoms. The second-order valence-corrected chi connectivity index (χ2v) is 10.8. The number of hydrogen-bond acceptors (Lipinski definition) is 6.